The van der Waals surface area contributed by atoms with Crippen molar-refractivity contribution in [3.63, 3.8) is 0 Å². The van der Waals surface area contributed by atoms with Gasteiger partial charge in [0, 0.05) is 61.5 Å². The van der Waals surface area contributed by atoms with Gasteiger partial charge in [-0.3, -0.25) is 9.69 Å². The van der Waals surface area contributed by atoms with E-state index < -0.39 is 0 Å². The Morgan fingerprint density at radius 3 is 2.65 bits per heavy atom. The van der Waals surface area contributed by atoms with Gasteiger partial charge in [0.15, 0.2) is 0 Å². The van der Waals surface area contributed by atoms with Crippen LogP contribution in [0, 0.1) is 0 Å². The Balaban J connectivity index is 1.21. The van der Waals surface area contributed by atoms with Crippen molar-refractivity contribution in [3.8, 4) is 0 Å². The minimum absolute atomic E-state index is 0.180. The second kappa shape index (κ2) is 8.57. The fourth-order valence-electron chi connectivity index (χ4n) is 3.95. The van der Waals surface area contributed by atoms with E-state index in [1.54, 1.807) is 0 Å². The minimum Gasteiger partial charge on any atom is -0.361 e. The Morgan fingerprint density at radius 2 is 1.81 bits per heavy atom. The molecule has 3 heterocycles. The highest BCUT2D eigenvalue weighted by Crippen LogP contribution is 2.19. The number of carbonyl (C=O) groups is 1. The van der Waals surface area contributed by atoms with Gasteiger partial charge < -0.3 is 15.2 Å². The number of H-pyrrole nitrogens is 1. The number of hydrogen-bond acceptors (Lipinski definition) is 5. The summed E-state index contributed by atoms with van der Waals surface area (Å²) in [5.41, 5.74) is 2.94. The fraction of sp³-hybridized carbons (Fsp3) is 0.208. The Kier molecular flexibility index (Phi) is 5.33. The van der Waals surface area contributed by atoms with Gasteiger partial charge in [0.05, 0.1) is 0 Å². The summed E-state index contributed by atoms with van der Waals surface area (Å²) < 4.78 is 0. The molecule has 0 bridgehead atoms. The fourth-order valence-corrected chi connectivity index (χ4v) is 3.95. The molecule has 0 radical (unpaired) electrons. The molecule has 0 aliphatic carbocycles. The maximum absolute atomic E-state index is 12.7. The molecule has 2 aromatic carbocycles. The van der Waals surface area contributed by atoms with Gasteiger partial charge in [-0.05, 0) is 29.8 Å². The maximum atomic E-state index is 12.7. The van der Waals surface area contributed by atoms with E-state index in [1.807, 2.05) is 42.6 Å². The molecule has 1 saturated heterocycles. The van der Waals surface area contributed by atoms with Crippen molar-refractivity contribution in [3.05, 3.63) is 84.3 Å². The Labute approximate surface area is 180 Å². The van der Waals surface area contributed by atoms with Crippen LogP contribution in [0.2, 0.25) is 0 Å². The number of nitrogens with one attached hydrogen (secondary N) is 2. The quantitative estimate of drug-likeness (QED) is 0.524. The summed E-state index contributed by atoms with van der Waals surface area (Å²) in [5, 5.41) is 3.90. The molecular weight excluding hydrogens is 388 g/mol. The second-order valence-corrected chi connectivity index (χ2v) is 7.74. The summed E-state index contributed by atoms with van der Waals surface area (Å²) in [6.07, 6.45) is 3.37. The summed E-state index contributed by atoms with van der Waals surface area (Å²) in [6.45, 7) is 4.68. The molecule has 1 aliphatic rings. The van der Waals surface area contributed by atoms with Crippen molar-refractivity contribution < 1.29 is 4.79 Å². The molecular formula is C24H24N6O. The number of hydrogen-bond donors (Lipinski definition) is 2. The zero-order valence-electron chi connectivity index (χ0n) is 17.2. The summed E-state index contributed by atoms with van der Waals surface area (Å²) in [4.78, 5) is 29.2. The van der Waals surface area contributed by atoms with Crippen LogP contribution in [0.4, 0.5) is 11.6 Å². The molecule has 31 heavy (non-hydrogen) atoms. The third-order valence-corrected chi connectivity index (χ3v) is 5.66. The summed E-state index contributed by atoms with van der Waals surface area (Å²) >= 11 is 0. The third kappa shape index (κ3) is 4.41. The van der Waals surface area contributed by atoms with Crippen LogP contribution in [-0.4, -0.2) is 51.9 Å². The molecule has 5 rings (SSSR count). The first-order valence-corrected chi connectivity index (χ1v) is 10.5. The largest absolute Gasteiger partial charge is 0.361 e. The molecule has 0 unspecified atom stereocenters. The van der Waals surface area contributed by atoms with E-state index in [1.165, 1.54) is 11.9 Å². The Bertz CT molecular complexity index is 1180. The van der Waals surface area contributed by atoms with Gasteiger partial charge in [0.2, 0.25) is 0 Å². The number of aromatic nitrogens is 3. The van der Waals surface area contributed by atoms with Crippen LogP contribution in [0.5, 0.6) is 0 Å². The third-order valence-electron chi connectivity index (χ3n) is 5.66. The molecule has 1 amide bonds. The molecule has 1 fully saturated rings. The zero-order valence-corrected chi connectivity index (χ0v) is 17.2. The molecule has 156 valence electrons. The normalized spacial score (nSPS) is 14.6. The number of amides is 1. The van der Waals surface area contributed by atoms with Gasteiger partial charge in [-0.25, -0.2) is 9.97 Å². The van der Waals surface area contributed by atoms with E-state index in [2.05, 4.69) is 54.3 Å². The van der Waals surface area contributed by atoms with Crippen molar-refractivity contribution in [2.45, 2.75) is 6.54 Å². The highest BCUT2D eigenvalue weighted by molar-refractivity contribution is 6.05. The van der Waals surface area contributed by atoms with Gasteiger partial charge in [-0.2, -0.15) is 0 Å². The van der Waals surface area contributed by atoms with Crippen molar-refractivity contribution >= 4 is 28.4 Å². The molecule has 0 spiro atoms. The monoisotopic (exact) mass is 412 g/mol. The highest BCUT2D eigenvalue weighted by atomic mass is 16.1. The van der Waals surface area contributed by atoms with Gasteiger partial charge in [-0.1, -0.05) is 30.3 Å². The van der Waals surface area contributed by atoms with Crippen LogP contribution < -0.4 is 10.2 Å². The number of carbonyl (C=O) groups excluding carboxylic acids is 1. The topological polar surface area (TPSA) is 77.2 Å². The lowest BCUT2D eigenvalue weighted by Crippen LogP contribution is -2.46. The summed E-state index contributed by atoms with van der Waals surface area (Å²) in [7, 11) is 0. The first-order chi connectivity index (χ1) is 15.2. The minimum atomic E-state index is -0.180. The smallest absolute Gasteiger partial charge is 0.256 e. The predicted octanol–water partition coefficient (Wildman–Crippen LogP) is 3.53. The van der Waals surface area contributed by atoms with Gasteiger partial charge >= 0.3 is 0 Å². The molecule has 0 atom stereocenters. The van der Waals surface area contributed by atoms with Crippen LogP contribution in [-0.2, 0) is 6.54 Å². The first-order valence-electron chi connectivity index (χ1n) is 10.5. The van der Waals surface area contributed by atoms with Crippen molar-refractivity contribution in [2.24, 2.45) is 0 Å². The van der Waals surface area contributed by atoms with Gasteiger partial charge in [-0.15, -0.1) is 0 Å². The van der Waals surface area contributed by atoms with E-state index in [4.69, 9.17) is 0 Å². The molecule has 4 aromatic rings. The lowest BCUT2D eigenvalue weighted by molar-refractivity contribution is 0.102. The summed E-state index contributed by atoms with van der Waals surface area (Å²) in [5.74, 6) is 1.17. The lowest BCUT2D eigenvalue weighted by atomic mass is 10.1. The number of rotatable bonds is 5. The molecule has 1 aliphatic heterocycles. The van der Waals surface area contributed by atoms with Crippen molar-refractivity contribution in [1.82, 2.24) is 19.9 Å². The van der Waals surface area contributed by atoms with E-state index >= 15 is 0 Å². The average Bonchev–Trinajstić information content (AvgIpc) is 3.28. The maximum Gasteiger partial charge on any atom is 0.256 e. The lowest BCUT2D eigenvalue weighted by Gasteiger charge is -2.35. The average molecular weight is 412 g/mol. The SMILES string of the molecule is O=C(Nc1cc(N2CCN(Cc3ccccc3)CC2)ncn1)c1ccc2[nH]ccc2c1. The number of benzene rings is 2. The number of nitrogens with zero attached hydrogens (tertiary/aromatic N) is 4. The van der Waals surface area contributed by atoms with Gasteiger partial charge in [0.1, 0.15) is 18.0 Å². The number of aromatic amines is 1. The predicted molar refractivity (Wildman–Crippen MR) is 122 cm³/mol. The van der Waals surface area contributed by atoms with Crippen LogP contribution in [0.15, 0.2) is 73.2 Å². The van der Waals surface area contributed by atoms with Crippen LogP contribution in [0.3, 0.4) is 0 Å². The molecule has 7 heteroatoms. The zero-order chi connectivity index (χ0) is 21.0. The van der Waals surface area contributed by atoms with E-state index in [9.17, 15) is 4.79 Å². The van der Waals surface area contributed by atoms with Crippen LogP contribution >= 0.6 is 0 Å². The van der Waals surface area contributed by atoms with Crippen molar-refractivity contribution in [1.29, 1.82) is 0 Å². The Hall–Kier alpha value is -3.71. The number of anilines is 2. The number of fused-ring (bicyclic) bond motifs is 1. The first kappa shape index (κ1) is 19.3. The van der Waals surface area contributed by atoms with Crippen LogP contribution in [0.1, 0.15) is 15.9 Å². The highest BCUT2D eigenvalue weighted by Gasteiger charge is 2.19. The Morgan fingerprint density at radius 1 is 0.968 bits per heavy atom. The van der Waals surface area contributed by atoms with E-state index in [0.29, 0.717) is 11.4 Å². The molecule has 0 saturated carbocycles. The molecule has 7 nitrogen and oxygen atoms in total. The number of piperazine rings is 1. The standard InChI is InChI=1S/C24H24N6O/c31-24(20-6-7-21-19(14-20)8-9-25-21)28-22-15-23(27-17-26-22)30-12-10-29(11-13-30)16-18-4-2-1-3-5-18/h1-9,14-15,17,25H,10-13,16H2,(H,26,27,28,31). The second-order valence-electron chi connectivity index (χ2n) is 7.74. The van der Waals surface area contributed by atoms with E-state index in [0.717, 1.165) is 49.4 Å². The molecule has 2 N–H and O–H groups in total. The van der Waals surface area contributed by atoms with E-state index in [-0.39, 0.29) is 5.91 Å². The van der Waals surface area contributed by atoms with Crippen LogP contribution in [0.25, 0.3) is 10.9 Å². The van der Waals surface area contributed by atoms with Crippen molar-refractivity contribution in [2.75, 3.05) is 36.4 Å². The van der Waals surface area contributed by atoms with Gasteiger partial charge in [0.25, 0.3) is 5.91 Å². The summed E-state index contributed by atoms with van der Waals surface area (Å²) in [6, 6.07) is 19.9. The molecule has 2 aromatic heterocycles.